The van der Waals surface area contributed by atoms with E-state index in [9.17, 15) is 9.59 Å². The number of hydrogen-bond donors (Lipinski definition) is 0. The smallest absolute Gasteiger partial charge is 0.349 e. The number of likely N-dealkylation sites (tertiary alicyclic amines) is 1. The third-order valence-electron chi connectivity index (χ3n) is 4.31. The predicted octanol–water partition coefficient (Wildman–Crippen LogP) is 3.83. The van der Waals surface area contributed by atoms with E-state index >= 15 is 0 Å². The van der Waals surface area contributed by atoms with E-state index in [0.717, 1.165) is 23.8 Å². The van der Waals surface area contributed by atoms with Crippen LogP contribution in [0.3, 0.4) is 0 Å². The second-order valence-electron chi connectivity index (χ2n) is 5.70. The van der Waals surface area contributed by atoms with Crippen molar-refractivity contribution in [1.29, 1.82) is 0 Å². The Morgan fingerprint density at radius 1 is 1.26 bits per heavy atom. The fourth-order valence-corrected chi connectivity index (χ4v) is 3.89. The largest absolute Gasteiger partial charge is 0.422 e. The number of rotatable bonds is 2. The Balaban J connectivity index is 1.74. The highest BCUT2D eigenvalue weighted by Gasteiger charge is 2.32. The Hall–Kier alpha value is -2.40. The molecule has 4 rings (SSSR count). The van der Waals surface area contributed by atoms with Crippen LogP contribution in [-0.4, -0.2) is 17.4 Å². The van der Waals surface area contributed by atoms with Crippen molar-refractivity contribution in [3.05, 3.63) is 68.7 Å². The van der Waals surface area contributed by atoms with Crippen molar-refractivity contribution >= 4 is 28.2 Å². The lowest BCUT2D eigenvalue weighted by molar-refractivity contribution is 0.0732. The maximum Gasteiger partial charge on any atom is 0.349 e. The summed E-state index contributed by atoms with van der Waals surface area (Å²) in [6.07, 6.45) is 1.88. The molecule has 1 unspecified atom stereocenters. The van der Waals surface area contributed by atoms with E-state index in [1.165, 1.54) is 0 Å². The van der Waals surface area contributed by atoms with Crippen LogP contribution in [-0.2, 0) is 0 Å². The number of carbonyl (C=O) groups excluding carboxylic acids is 1. The van der Waals surface area contributed by atoms with Gasteiger partial charge in [-0.05, 0) is 47.4 Å². The molecule has 0 spiro atoms. The molecule has 0 radical (unpaired) electrons. The number of benzene rings is 1. The molecular formula is C18H15NO3S. The summed E-state index contributed by atoms with van der Waals surface area (Å²) < 4.78 is 5.30. The molecule has 23 heavy (non-hydrogen) atoms. The maximum absolute atomic E-state index is 12.9. The zero-order chi connectivity index (χ0) is 15.8. The molecule has 5 heteroatoms. The first kappa shape index (κ1) is 14.2. The second-order valence-corrected chi connectivity index (χ2v) is 6.48. The lowest BCUT2D eigenvalue weighted by atomic mass is 10.1. The van der Waals surface area contributed by atoms with E-state index in [-0.39, 0.29) is 17.5 Å². The number of amides is 1. The lowest BCUT2D eigenvalue weighted by Gasteiger charge is -2.23. The molecule has 3 heterocycles. The van der Waals surface area contributed by atoms with Gasteiger partial charge in [-0.2, -0.15) is 11.3 Å². The van der Waals surface area contributed by atoms with Gasteiger partial charge in [0.25, 0.3) is 5.91 Å². The molecule has 1 fully saturated rings. The number of thiophene rings is 1. The first-order chi connectivity index (χ1) is 11.2. The molecule has 0 bridgehead atoms. The molecule has 0 saturated carbocycles. The van der Waals surface area contributed by atoms with E-state index in [2.05, 4.69) is 5.38 Å². The Bertz CT molecular complexity index is 913. The first-order valence-electron chi connectivity index (χ1n) is 7.60. The molecule has 1 aromatic carbocycles. The Kier molecular flexibility index (Phi) is 3.50. The van der Waals surface area contributed by atoms with E-state index in [0.29, 0.717) is 12.1 Å². The van der Waals surface area contributed by atoms with Gasteiger partial charge in [-0.1, -0.05) is 18.2 Å². The average Bonchev–Trinajstić information content (AvgIpc) is 3.24. The highest BCUT2D eigenvalue weighted by atomic mass is 32.1. The molecule has 0 N–H and O–H groups in total. The number of hydrogen-bond acceptors (Lipinski definition) is 4. The number of para-hydroxylation sites is 1. The Labute approximate surface area is 137 Å². The SMILES string of the molecule is O=C(c1cc2ccccc2oc1=O)N1CCCC1c1ccsc1. The summed E-state index contributed by atoms with van der Waals surface area (Å²) in [5, 5.41) is 4.85. The average molecular weight is 325 g/mol. The highest BCUT2D eigenvalue weighted by Crippen LogP contribution is 2.34. The van der Waals surface area contributed by atoms with Gasteiger partial charge in [-0.3, -0.25) is 4.79 Å². The maximum atomic E-state index is 12.9. The minimum atomic E-state index is -0.565. The van der Waals surface area contributed by atoms with Crippen molar-refractivity contribution in [2.24, 2.45) is 0 Å². The minimum absolute atomic E-state index is 0.0552. The first-order valence-corrected chi connectivity index (χ1v) is 8.54. The van der Waals surface area contributed by atoms with Gasteiger partial charge in [0.05, 0.1) is 6.04 Å². The highest BCUT2D eigenvalue weighted by molar-refractivity contribution is 7.08. The van der Waals surface area contributed by atoms with Gasteiger partial charge in [0.2, 0.25) is 0 Å². The molecule has 1 amide bonds. The van der Waals surface area contributed by atoms with Gasteiger partial charge < -0.3 is 9.32 Å². The molecule has 1 atom stereocenters. The molecule has 1 aliphatic rings. The topological polar surface area (TPSA) is 50.5 Å². The normalized spacial score (nSPS) is 17.7. The van der Waals surface area contributed by atoms with Crippen LogP contribution in [0.4, 0.5) is 0 Å². The van der Waals surface area contributed by atoms with Crippen LogP contribution in [0, 0.1) is 0 Å². The fourth-order valence-electron chi connectivity index (χ4n) is 3.19. The quantitative estimate of drug-likeness (QED) is 0.673. The van der Waals surface area contributed by atoms with Gasteiger partial charge in [-0.25, -0.2) is 4.79 Å². The summed E-state index contributed by atoms with van der Waals surface area (Å²) in [6, 6.07) is 11.0. The van der Waals surface area contributed by atoms with Crippen LogP contribution in [0.15, 0.2) is 56.4 Å². The van der Waals surface area contributed by atoms with E-state index < -0.39 is 5.63 Å². The molecule has 1 saturated heterocycles. The number of carbonyl (C=O) groups is 1. The Morgan fingerprint density at radius 3 is 2.96 bits per heavy atom. The summed E-state index contributed by atoms with van der Waals surface area (Å²) in [6.45, 7) is 0.672. The summed E-state index contributed by atoms with van der Waals surface area (Å²) in [4.78, 5) is 26.9. The van der Waals surface area contributed by atoms with Gasteiger partial charge in [0, 0.05) is 11.9 Å². The molecule has 3 aromatic rings. The van der Waals surface area contributed by atoms with Crippen LogP contribution in [0.25, 0.3) is 11.0 Å². The molecule has 116 valence electrons. The minimum Gasteiger partial charge on any atom is -0.422 e. The van der Waals surface area contributed by atoms with Crippen LogP contribution in [0.5, 0.6) is 0 Å². The molecule has 1 aliphatic heterocycles. The van der Waals surface area contributed by atoms with E-state index in [1.54, 1.807) is 34.4 Å². The third kappa shape index (κ3) is 2.47. The van der Waals surface area contributed by atoms with Crippen LogP contribution in [0.1, 0.15) is 34.8 Å². The van der Waals surface area contributed by atoms with Crippen molar-refractivity contribution in [2.45, 2.75) is 18.9 Å². The van der Waals surface area contributed by atoms with Crippen LogP contribution < -0.4 is 5.63 Å². The number of fused-ring (bicyclic) bond motifs is 1. The van der Waals surface area contributed by atoms with E-state index in [4.69, 9.17) is 4.42 Å². The van der Waals surface area contributed by atoms with Crippen molar-refractivity contribution in [1.82, 2.24) is 4.90 Å². The lowest BCUT2D eigenvalue weighted by Crippen LogP contribution is -2.33. The summed E-state index contributed by atoms with van der Waals surface area (Å²) in [5.74, 6) is -0.238. The Morgan fingerprint density at radius 2 is 2.13 bits per heavy atom. The monoisotopic (exact) mass is 325 g/mol. The van der Waals surface area contributed by atoms with Crippen molar-refractivity contribution in [3.63, 3.8) is 0 Å². The summed E-state index contributed by atoms with van der Waals surface area (Å²) in [7, 11) is 0. The van der Waals surface area contributed by atoms with Crippen molar-refractivity contribution in [2.75, 3.05) is 6.54 Å². The standard InChI is InChI=1S/C18H15NO3S/c20-17(19-8-3-5-15(19)13-7-9-23-11-13)14-10-12-4-1-2-6-16(12)22-18(14)21/h1-2,4,6-7,9-11,15H,3,5,8H2. The van der Waals surface area contributed by atoms with Crippen molar-refractivity contribution in [3.8, 4) is 0 Å². The van der Waals surface area contributed by atoms with Crippen LogP contribution in [0.2, 0.25) is 0 Å². The summed E-state index contributed by atoms with van der Waals surface area (Å²) >= 11 is 1.62. The van der Waals surface area contributed by atoms with Gasteiger partial charge in [0.1, 0.15) is 11.1 Å². The third-order valence-corrected chi connectivity index (χ3v) is 5.01. The number of nitrogens with zero attached hydrogens (tertiary/aromatic N) is 1. The van der Waals surface area contributed by atoms with Crippen molar-refractivity contribution < 1.29 is 9.21 Å². The second kappa shape index (κ2) is 5.66. The zero-order valence-electron chi connectivity index (χ0n) is 12.4. The molecule has 0 aliphatic carbocycles. The van der Waals surface area contributed by atoms with Gasteiger partial charge >= 0.3 is 5.63 Å². The van der Waals surface area contributed by atoms with Gasteiger partial charge in [-0.15, -0.1) is 0 Å². The fraction of sp³-hybridized carbons (Fsp3) is 0.222. The molecule has 2 aromatic heterocycles. The molecule has 4 nitrogen and oxygen atoms in total. The van der Waals surface area contributed by atoms with Crippen LogP contribution >= 0.6 is 11.3 Å². The zero-order valence-corrected chi connectivity index (χ0v) is 13.2. The van der Waals surface area contributed by atoms with E-state index in [1.807, 2.05) is 23.6 Å². The predicted molar refractivity (Wildman–Crippen MR) is 89.8 cm³/mol. The van der Waals surface area contributed by atoms with Gasteiger partial charge in [0.15, 0.2) is 0 Å². The summed E-state index contributed by atoms with van der Waals surface area (Å²) in [5.41, 5.74) is 1.20. The molecular weight excluding hydrogens is 310 g/mol.